The summed E-state index contributed by atoms with van der Waals surface area (Å²) in [7, 11) is 2.52. The minimum Gasteiger partial charge on any atom is -0.468 e. The molecule has 4 nitrogen and oxygen atoms in total. The van der Waals surface area contributed by atoms with Crippen molar-refractivity contribution in [2.75, 3.05) is 14.2 Å². The molecule has 0 unspecified atom stereocenters. The third kappa shape index (κ3) is 3.47. The third-order valence-corrected chi connectivity index (χ3v) is 3.32. The fourth-order valence-electron chi connectivity index (χ4n) is 1.88. The van der Waals surface area contributed by atoms with Gasteiger partial charge in [-0.15, -0.1) is 0 Å². The predicted octanol–water partition coefficient (Wildman–Crippen LogP) is 2.83. The molecule has 20 heavy (non-hydrogen) atoms. The molecule has 108 valence electrons. The highest BCUT2D eigenvalue weighted by Gasteiger charge is 2.42. The first-order valence-corrected chi connectivity index (χ1v) is 6.34. The minimum atomic E-state index is -1.32. The van der Waals surface area contributed by atoms with Crippen LogP contribution >= 0.6 is 0 Å². The van der Waals surface area contributed by atoms with Crippen molar-refractivity contribution in [3.63, 3.8) is 0 Å². The predicted molar refractivity (Wildman–Crippen MR) is 76.8 cm³/mol. The number of ether oxygens (including phenoxy) is 2. The lowest BCUT2D eigenvalue weighted by Gasteiger charge is -2.22. The van der Waals surface area contributed by atoms with Crippen LogP contribution in [0, 0.1) is 5.41 Å². The van der Waals surface area contributed by atoms with Crippen molar-refractivity contribution in [3.05, 3.63) is 42.0 Å². The molecule has 0 heterocycles. The number of hydrogen-bond acceptors (Lipinski definition) is 4. The SMILES string of the molecule is COC(=O)C(C)(C/C=C(\C)c1ccccc1)C(=O)OC. The number of allylic oxidation sites excluding steroid dienone is 2. The Morgan fingerprint density at radius 1 is 1.10 bits per heavy atom. The van der Waals surface area contributed by atoms with Gasteiger partial charge in [0.05, 0.1) is 14.2 Å². The zero-order valence-corrected chi connectivity index (χ0v) is 12.3. The first-order valence-electron chi connectivity index (χ1n) is 6.34. The molecular formula is C16H20O4. The van der Waals surface area contributed by atoms with Crippen LogP contribution in [0.25, 0.3) is 5.57 Å². The van der Waals surface area contributed by atoms with Crippen molar-refractivity contribution in [1.82, 2.24) is 0 Å². The molecule has 0 amide bonds. The zero-order chi connectivity index (χ0) is 15.2. The highest BCUT2D eigenvalue weighted by Crippen LogP contribution is 2.28. The first-order chi connectivity index (χ1) is 9.45. The molecular weight excluding hydrogens is 256 g/mol. The van der Waals surface area contributed by atoms with E-state index in [2.05, 4.69) is 0 Å². The number of rotatable bonds is 5. The molecule has 0 radical (unpaired) electrons. The second-order valence-electron chi connectivity index (χ2n) is 4.77. The van der Waals surface area contributed by atoms with Crippen LogP contribution in [-0.2, 0) is 19.1 Å². The molecule has 4 heteroatoms. The summed E-state index contributed by atoms with van der Waals surface area (Å²) in [5, 5.41) is 0. The molecule has 1 rings (SSSR count). The van der Waals surface area contributed by atoms with Gasteiger partial charge in [-0.05, 0) is 31.4 Å². The van der Waals surface area contributed by atoms with Crippen molar-refractivity contribution in [3.8, 4) is 0 Å². The van der Waals surface area contributed by atoms with Crippen LogP contribution in [-0.4, -0.2) is 26.2 Å². The lowest BCUT2D eigenvalue weighted by Crippen LogP contribution is -2.38. The van der Waals surface area contributed by atoms with Gasteiger partial charge in [-0.25, -0.2) is 0 Å². The molecule has 1 aromatic rings. The smallest absolute Gasteiger partial charge is 0.323 e. The standard InChI is InChI=1S/C16H20O4/c1-12(13-8-6-5-7-9-13)10-11-16(2,14(17)19-3)15(18)20-4/h5-10H,11H2,1-4H3/b12-10+. The van der Waals surface area contributed by atoms with Crippen LogP contribution in [0.3, 0.4) is 0 Å². The van der Waals surface area contributed by atoms with Crippen molar-refractivity contribution < 1.29 is 19.1 Å². The molecule has 0 saturated carbocycles. The second kappa shape index (κ2) is 6.89. The molecule has 0 aliphatic heterocycles. The van der Waals surface area contributed by atoms with E-state index in [-0.39, 0.29) is 6.42 Å². The van der Waals surface area contributed by atoms with Gasteiger partial charge in [-0.3, -0.25) is 9.59 Å². The molecule has 0 spiro atoms. The highest BCUT2D eigenvalue weighted by molar-refractivity contribution is 5.99. The number of esters is 2. The van der Waals surface area contributed by atoms with Gasteiger partial charge in [0, 0.05) is 0 Å². The Hall–Kier alpha value is -2.10. The largest absolute Gasteiger partial charge is 0.468 e. The quantitative estimate of drug-likeness (QED) is 0.613. The molecule has 1 aromatic carbocycles. The van der Waals surface area contributed by atoms with Gasteiger partial charge < -0.3 is 9.47 Å². The summed E-state index contributed by atoms with van der Waals surface area (Å²) in [5.41, 5.74) is 0.716. The van der Waals surface area contributed by atoms with Crippen LogP contribution in [0.5, 0.6) is 0 Å². The molecule has 0 aromatic heterocycles. The maximum absolute atomic E-state index is 11.8. The van der Waals surface area contributed by atoms with Crippen molar-refractivity contribution >= 4 is 17.5 Å². The monoisotopic (exact) mass is 276 g/mol. The van der Waals surface area contributed by atoms with Gasteiger partial charge >= 0.3 is 11.9 Å². The Morgan fingerprint density at radius 3 is 2.05 bits per heavy atom. The fraction of sp³-hybridized carbons (Fsp3) is 0.375. The normalized spacial score (nSPS) is 11.9. The van der Waals surface area contributed by atoms with Gasteiger partial charge in [0.1, 0.15) is 0 Å². The van der Waals surface area contributed by atoms with Gasteiger partial charge in [0.2, 0.25) is 0 Å². The van der Waals surface area contributed by atoms with Crippen LogP contribution in [0.4, 0.5) is 0 Å². The van der Waals surface area contributed by atoms with Gasteiger partial charge in [0.25, 0.3) is 0 Å². The average molecular weight is 276 g/mol. The number of carbonyl (C=O) groups excluding carboxylic acids is 2. The number of hydrogen-bond donors (Lipinski definition) is 0. The summed E-state index contributed by atoms with van der Waals surface area (Å²) in [6, 6.07) is 9.75. The zero-order valence-electron chi connectivity index (χ0n) is 12.3. The van der Waals surface area contributed by atoms with Gasteiger partial charge in [-0.1, -0.05) is 36.4 Å². The fourth-order valence-corrected chi connectivity index (χ4v) is 1.88. The third-order valence-electron chi connectivity index (χ3n) is 3.32. The van der Waals surface area contributed by atoms with Crippen LogP contribution in [0.2, 0.25) is 0 Å². The van der Waals surface area contributed by atoms with E-state index in [1.54, 1.807) is 0 Å². The highest BCUT2D eigenvalue weighted by atomic mass is 16.5. The van der Waals surface area contributed by atoms with E-state index in [1.165, 1.54) is 21.1 Å². The van der Waals surface area contributed by atoms with E-state index in [0.717, 1.165) is 11.1 Å². The Kier molecular flexibility index (Phi) is 5.50. The topological polar surface area (TPSA) is 52.6 Å². The Morgan fingerprint density at radius 2 is 1.60 bits per heavy atom. The second-order valence-corrected chi connectivity index (χ2v) is 4.77. The molecule has 0 N–H and O–H groups in total. The first kappa shape index (κ1) is 16.0. The van der Waals surface area contributed by atoms with E-state index >= 15 is 0 Å². The van der Waals surface area contributed by atoms with Gasteiger partial charge in [-0.2, -0.15) is 0 Å². The summed E-state index contributed by atoms with van der Waals surface area (Å²) >= 11 is 0. The summed E-state index contributed by atoms with van der Waals surface area (Å²) in [6.45, 7) is 3.46. The number of benzene rings is 1. The van der Waals surface area contributed by atoms with Crippen molar-refractivity contribution in [2.45, 2.75) is 20.3 Å². The van der Waals surface area contributed by atoms with Crippen LogP contribution in [0.15, 0.2) is 36.4 Å². The number of carbonyl (C=O) groups is 2. The minimum absolute atomic E-state index is 0.229. The van der Waals surface area contributed by atoms with E-state index in [9.17, 15) is 9.59 Å². The maximum atomic E-state index is 11.8. The van der Waals surface area contributed by atoms with Crippen molar-refractivity contribution in [2.24, 2.45) is 5.41 Å². The summed E-state index contributed by atoms with van der Waals surface area (Å²) in [6.07, 6.45) is 2.08. The van der Waals surface area contributed by atoms with E-state index in [1.807, 2.05) is 43.3 Å². The Labute approximate surface area is 119 Å². The lowest BCUT2D eigenvalue weighted by molar-refractivity contribution is -0.167. The lowest BCUT2D eigenvalue weighted by atomic mass is 9.85. The molecule has 0 aliphatic rings. The summed E-state index contributed by atoms with van der Waals surface area (Å²) < 4.78 is 9.41. The summed E-state index contributed by atoms with van der Waals surface area (Å²) in [5.74, 6) is -1.19. The van der Waals surface area contributed by atoms with Crippen molar-refractivity contribution in [1.29, 1.82) is 0 Å². The molecule has 0 atom stereocenters. The Bertz CT molecular complexity index is 486. The van der Waals surface area contributed by atoms with E-state index < -0.39 is 17.4 Å². The van der Waals surface area contributed by atoms with Crippen LogP contribution in [0.1, 0.15) is 25.8 Å². The molecule has 0 bridgehead atoms. The van der Waals surface area contributed by atoms with E-state index in [0.29, 0.717) is 0 Å². The average Bonchev–Trinajstić information content (AvgIpc) is 2.51. The maximum Gasteiger partial charge on any atom is 0.323 e. The molecule has 0 fully saturated rings. The van der Waals surface area contributed by atoms with E-state index in [4.69, 9.17) is 9.47 Å². The summed E-state index contributed by atoms with van der Waals surface area (Å²) in [4.78, 5) is 23.7. The Balaban J connectivity index is 2.97. The van der Waals surface area contributed by atoms with Crippen LogP contribution < -0.4 is 0 Å². The molecule has 0 aliphatic carbocycles. The number of methoxy groups -OCH3 is 2. The van der Waals surface area contributed by atoms with Gasteiger partial charge in [0.15, 0.2) is 5.41 Å². The molecule has 0 saturated heterocycles.